The van der Waals surface area contributed by atoms with Crippen molar-refractivity contribution in [3.8, 4) is 5.75 Å². The van der Waals surface area contributed by atoms with Gasteiger partial charge in [-0.05, 0) is 6.07 Å². The largest absolute Gasteiger partial charge is 0.496 e. The van der Waals surface area contributed by atoms with Crippen LogP contribution < -0.4 is 9.64 Å². The summed E-state index contributed by atoms with van der Waals surface area (Å²) < 4.78 is 44.1. The molecule has 1 heterocycles. The minimum absolute atomic E-state index is 0.0782. The molecule has 0 aliphatic carbocycles. The third-order valence-corrected chi connectivity index (χ3v) is 3.89. The van der Waals surface area contributed by atoms with Crippen LogP contribution >= 0.6 is 11.8 Å². The van der Waals surface area contributed by atoms with Gasteiger partial charge >= 0.3 is 6.18 Å². The van der Waals surface area contributed by atoms with Crippen LogP contribution in [-0.4, -0.2) is 31.2 Å². The second kappa shape index (κ2) is 7.08. The van der Waals surface area contributed by atoms with Crippen molar-refractivity contribution < 1.29 is 17.9 Å². The number of aromatic nitrogens is 2. The van der Waals surface area contributed by atoms with Gasteiger partial charge in [0.05, 0.1) is 7.11 Å². The van der Waals surface area contributed by atoms with E-state index in [2.05, 4.69) is 9.97 Å². The first-order chi connectivity index (χ1) is 10.8. The van der Waals surface area contributed by atoms with Crippen molar-refractivity contribution in [2.45, 2.75) is 17.1 Å². The third-order valence-electron chi connectivity index (χ3n) is 2.99. The molecule has 0 radical (unpaired) electrons. The van der Waals surface area contributed by atoms with Crippen LogP contribution in [0.4, 0.5) is 19.0 Å². The Morgan fingerprint density at radius 1 is 1.17 bits per heavy atom. The maximum absolute atomic E-state index is 13.0. The highest BCUT2D eigenvalue weighted by Gasteiger charge is 2.34. The van der Waals surface area contributed by atoms with Crippen LogP contribution in [0.15, 0.2) is 35.5 Å². The maximum Gasteiger partial charge on any atom is 0.433 e. The van der Waals surface area contributed by atoms with E-state index in [1.165, 1.54) is 4.90 Å². The standard InChI is InChI=1S/C15H16F3N3OS/c1-21(2)13-8-12(15(16,17)18)19-14(20-13)23-9-10-6-4-5-7-11(10)22-3/h4-8H,9H2,1-3H3. The van der Waals surface area contributed by atoms with Crippen molar-refractivity contribution in [3.05, 3.63) is 41.6 Å². The molecule has 4 nitrogen and oxygen atoms in total. The van der Waals surface area contributed by atoms with Gasteiger partial charge in [-0.3, -0.25) is 0 Å². The fourth-order valence-corrected chi connectivity index (χ4v) is 2.66. The predicted molar refractivity (Wildman–Crippen MR) is 83.9 cm³/mol. The molecule has 0 atom stereocenters. The zero-order chi connectivity index (χ0) is 17.0. The molecule has 1 aromatic heterocycles. The lowest BCUT2D eigenvalue weighted by molar-refractivity contribution is -0.141. The Hall–Kier alpha value is -1.96. The van der Waals surface area contributed by atoms with Crippen LogP contribution in [-0.2, 0) is 11.9 Å². The summed E-state index contributed by atoms with van der Waals surface area (Å²) >= 11 is 1.14. The number of ether oxygens (including phenoxy) is 1. The first kappa shape index (κ1) is 17.4. The summed E-state index contributed by atoms with van der Waals surface area (Å²) in [6.07, 6.45) is -4.51. The Morgan fingerprint density at radius 3 is 2.48 bits per heavy atom. The molecule has 23 heavy (non-hydrogen) atoms. The van der Waals surface area contributed by atoms with Crippen LogP contribution in [0.1, 0.15) is 11.3 Å². The molecule has 2 aromatic rings. The molecule has 0 saturated carbocycles. The van der Waals surface area contributed by atoms with E-state index in [0.29, 0.717) is 11.5 Å². The number of nitrogens with zero attached hydrogens (tertiary/aromatic N) is 3. The molecule has 0 fully saturated rings. The van der Waals surface area contributed by atoms with Gasteiger partial charge < -0.3 is 9.64 Å². The number of thioether (sulfide) groups is 1. The minimum Gasteiger partial charge on any atom is -0.496 e. The van der Waals surface area contributed by atoms with Gasteiger partial charge in [0.25, 0.3) is 0 Å². The highest BCUT2D eigenvalue weighted by atomic mass is 32.2. The van der Waals surface area contributed by atoms with E-state index in [1.54, 1.807) is 27.3 Å². The van der Waals surface area contributed by atoms with Gasteiger partial charge in [-0.1, -0.05) is 30.0 Å². The molecule has 2 rings (SSSR count). The van der Waals surface area contributed by atoms with E-state index >= 15 is 0 Å². The number of hydrogen-bond donors (Lipinski definition) is 0. The molecule has 0 unspecified atom stereocenters. The quantitative estimate of drug-likeness (QED) is 0.609. The molecular weight excluding hydrogens is 327 g/mol. The van der Waals surface area contributed by atoms with Crippen LogP contribution in [0.3, 0.4) is 0 Å². The van der Waals surface area contributed by atoms with Gasteiger partial charge in [0.1, 0.15) is 11.6 Å². The predicted octanol–water partition coefficient (Wildman–Crippen LogP) is 3.86. The Morgan fingerprint density at radius 2 is 1.87 bits per heavy atom. The summed E-state index contributed by atoms with van der Waals surface area (Å²) in [5.41, 5.74) is -0.0776. The lowest BCUT2D eigenvalue weighted by Gasteiger charge is -2.15. The van der Waals surface area contributed by atoms with Gasteiger partial charge in [0, 0.05) is 31.5 Å². The maximum atomic E-state index is 13.0. The van der Waals surface area contributed by atoms with E-state index < -0.39 is 11.9 Å². The summed E-state index contributed by atoms with van der Waals surface area (Å²) in [7, 11) is 4.82. The molecule has 124 valence electrons. The number of alkyl halides is 3. The normalized spacial score (nSPS) is 11.4. The summed E-state index contributed by atoms with van der Waals surface area (Å²) in [6, 6.07) is 8.27. The molecule has 1 aromatic carbocycles. The molecule has 0 saturated heterocycles. The summed E-state index contributed by atoms with van der Waals surface area (Å²) in [5.74, 6) is 1.31. The average molecular weight is 343 g/mol. The highest BCUT2D eigenvalue weighted by molar-refractivity contribution is 7.98. The van der Waals surface area contributed by atoms with Crippen LogP contribution in [0.5, 0.6) is 5.75 Å². The van der Waals surface area contributed by atoms with Gasteiger partial charge in [-0.2, -0.15) is 13.2 Å². The first-order valence-electron chi connectivity index (χ1n) is 6.69. The number of methoxy groups -OCH3 is 1. The SMILES string of the molecule is COc1ccccc1CSc1nc(N(C)C)cc(C(F)(F)F)n1. The Labute approximate surface area is 136 Å². The van der Waals surface area contributed by atoms with E-state index in [9.17, 15) is 13.2 Å². The van der Waals surface area contributed by atoms with Crippen molar-refractivity contribution in [3.63, 3.8) is 0 Å². The second-order valence-corrected chi connectivity index (χ2v) is 5.83. The molecule has 0 bridgehead atoms. The fourth-order valence-electron chi connectivity index (χ4n) is 1.82. The smallest absolute Gasteiger partial charge is 0.433 e. The lowest BCUT2D eigenvalue weighted by Crippen LogP contribution is -2.16. The zero-order valence-corrected chi connectivity index (χ0v) is 13.7. The highest BCUT2D eigenvalue weighted by Crippen LogP contribution is 2.32. The van der Waals surface area contributed by atoms with Crippen LogP contribution in [0.2, 0.25) is 0 Å². The molecular formula is C15H16F3N3OS. The van der Waals surface area contributed by atoms with Crippen molar-refractivity contribution in [1.29, 1.82) is 0 Å². The summed E-state index contributed by atoms with van der Waals surface area (Å²) in [5, 5.41) is 0.0782. The molecule has 0 aliphatic heterocycles. The van der Waals surface area contributed by atoms with Gasteiger partial charge in [-0.25, -0.2) is 9.97 Å². The molecule has 0 N–H and O–H groups in total. The Balaban J connectivity index is 2.27. The lowest BCUT2D eigenvalue weighted by atomic mass is 10.2. The number of hydrogen-bond acceptors (Lipinski definition) is 5. The van der Waals surface area contributed by atoms with Crippen molar-refractivity contribution in [2.24, 2.45) is 0 Å². The van der Waals surface area contributed by atoms with Gasteiger partial charge in [0.2, 0.25) is 0 Å². The van der Waals surface area contributed by atoms with E-state index in [1.807, 2.05) is 18.2 Å². The molecule has 8 heteroatoms. The van der Waals surface area contributed by atoms with Gasteiger partial charge in [0.15, 0.2) is 10.9 Å². The van der Waals surface area contributed by atoms with E-state index in [-0.39, 0.29) is 11.0 Å². The van der Waals surface area contributed by atoms with Crippen molar-refractivity contribution in [2.75, 3.05) is 26.1 Å². The Bertz CT molecular complexity index is 677. The summed E-state index contributed by atoms with van der Waals surface area (Å²) in [4.78, 5) is 9.29. The molecule has 0 spiro atoms. The number of para-hydroxylation sites is 1. The van der Waals surface area contributed by atoms with Crippen LogP contribution in [0.25, 0.3) is 0 Å². The van der Waals surface area contributed by atoms with Crippen molar-refractivity contribution in [1.82, 2.24) is 9.97 Å². The number of halogens is 3. The van der Waals surface area contributed by atoms with Crippen molar-refractivity contribution >= 4 is 17.6 Å². The average Bonchev–Trinajstić information content (AvgIpc) is 2.52. The first-order valence-corrected chi connectivity index (χ1v) is 7.68. The molecule has 0 amide bonds. The van der Waals surface area contributed by atoms with Crippen LogP contribution in [0, 0.1) is 0 Å². The number of anilines is 1. The Kier molecular flexibility index (Phi) is 5.35. The second-order valence-electron chi connectivity index (χ2n) is 4.89. The zero-order valence-electron chi connectivity index (χ0n) is 12.9. The van der Waals surface area contributed by atoms with Gasteiger partial charge in [-0.15, -0.1) is 0 Å². The topological polar surface area (TPSA) is 38.2 Å². The monoisotopic (exact) mass is 343 g/mol. The van der Waals surface area contributed by atoms with E-state index in [0.717, 1.165) is 23.4 Å². The number of benzene rings is 1. The molecule has 0 aliphatic rings. The number of rotatable bonds is 5. The summed E-state index contributed by atoms with van der Waals surface area (Å²) in [6.45, 7) is 0. The minimum atomic E-state index is -4.51. The third kappa shape index (κ3) is 4.51. The van der Waals surface area contributed by atoms with E-state index in [4.69, 9.17) is 4.74 Å². The fraction of sp³-hybridized carbons (Fsp3) is 0.333.